The van der Waals surface area contributed by atoms with E-state index >= 15 is 0 Å². The van der Waals surface area contributed by atoms with Crippen LogP contribution in [0.25, 0.3) is 10.9 Å². The summed E-state index contributed by atoms with van der Waals surface area (Å²) in [4.78, 5) is 11.9. The molecule has 0 N–H and O–H groups in total. The number of para-hydroxylation sites is 1. The van der Waals surface area contributed by atoms with Crippen molar-refractivity contribution in [1.29, 1.82) is 0 Å². The van der Waals surface area contributed by atoms with Crippen molar-refractivity contribution in [3.8, 4) is 0 Å². The van der Waals surface area contributed by atoms with Gasteiger partial charge in [0, 0.05) is 10.4 Å². The number of carbonyl (C=O) groups is 1. The zero-order chi connectivity index (χ0) is 14.8. The zero-order valence-corrected chi connectivity index (χ0v) is 12.2. The Bertz CT molecular complexity index is 794. The molecule has 0 unspecified atom stereocenters. The second-order valence-electron chi connectivity index (χ2n) is 4.66. The van der Waals surface area contributed by atoms with Crippen LogP contribution in [0.5, 0.6) is 0 Å². The summed E-state index contributed by atoms with van der Waals surface area (Å²) in [6.07, 6.45) is 1.75. The maximum Gasteiger partial charge on any atom is 0.340 e. The SMILES string of the molecule is COC(=O)c1cccc2cnn(Cc3ccc(Cl)cc3)c12. The van der Waals surface area contributed by atoms with Crippen LogP contribution in [0.4, 0.5) is 0 Å². The molecule has 0 saturated heterocycles. The minimum absolute atomic E-state index is 0.363. The van der Waals surface area contributed by atoms with Crippen LogP contribution in [0.3, 0.4) is 0 Å². The summed E-state index contributed by atoms with van der Waals surface area (Å²) >= 11 is 5.89. The first-order chi connectivity index (χ1) is 10.2. The van der Waals surface area contributed by atoms with Crippen LogP contribution in [0, 0.1) is 0 Å². The van der Waals surface area contributed by atoms with Crippen molar-refractivity contribution in [3.05, 3.63) is 64.8 Å². The molecule has 3 rings (SSSR count). The Morgan fingerprint density at radius 2 is 2.00 bits per heavy atom. The normalized spacial score (nSPS) is 10.8. The van der Waals surface area contributed by atoms with Gasteiger partial charge in [0.15, 0.2) is 0 Å². The van der Waals surface area contributed by atoms with E-state index in [2.05, 4.69) is 5.10 Å². The number of ether oxygens (including phenoxy) is 1. The van der Waals surface area contributed by atoms with E-state index in [1.54, 1.807) is 16.9 Å². The van der Waals surface area contributed by atoms with Crippen molar-refractivity contribution in [3.63, 3.8) is 0 Å². The van der Waals surface area contributed by atoms with Gasteiger partial charge in [0.2, 0.25) is 0 Å². The van der Waals surface area contributed by atoms with Crippen molar-refractivity contribution in [2.24, 2.45) is 0 Å². The summed E-state index contributed by atoms with van der Waals surface area (Å²) in [5.41, 5.74) is 2.35. The second kappa shape index (κ2) is 5.58. The standard InChI is InChI=1S/C16H13ClN2O2/c1-21-16(20)14-4-2-3-12-9-18-19(15(12)14)10-11-5-7-13(17)8-6-11/h2-9H,10H2,1H3. The van der Waals surface area contributed by atoms with E-state index in [4.69, 9.17) is 16.3 Å². The Kier molecular flexibility index (Phi) is 3.62. The van der Waals surface area contributed by atoms with Gasteiger partial charge < -0.3 is 4.74 Å². The highest BCUT2D eigenvalue weighted by molar-refractivity contribution is 6.30. The van der Waals surface area contributed by atoms with Crippen LogP contribution in [0.2, 0.25) is 5.02 Å². The van der Waals surface area contributed by atoms with Gasteiger partial charge in [-0.1, -0.05) is 35.9 Å². The van der Waals surface area contributed by atoms with Crippen molar-refractivity contribution in [2.75, 3.05) is 7.11 Å². The lowest BCUT2D eigenvalue weighted by atomic mass is 10.1. The highest BCUT2D eigenvalue weighted by atomic mass is 35.5. The molecule has 0 radical (unpaired) electrons. The van der Waals surface area contributed by atoms with Gasteiger partial charge in [-0.3, -0.25) is 4.68 Å². The molecule has 0 atom stereocenters. The van der Waals surface area contributed by atoms with E-state index in [9.17, 15) is 4.79 Å². The average molecular weight is 301 g/mol. The third kappa shape index (κ3) is 2.62. The number of benzene rings is 2. The first-order valence-corrected chi connectivity index (χ1v) is 6.84. The molecule has 0 spiro atoms. The molecule has 0 aliphatic rings. The number of rotatable bonds is 3. The van der Waals surface area contributed by atoms with Gasteiger partial charge >= 0.3 is 5.97 Å². The molecule has 0 fully saturated rings. The van der Waals surface area contributed by atoms with Gasteiger partial charge in [0.25, 0.3) is 0 Å². The number of nitrogens with zero attached hydrogens (tertiary/aromatic N) is 2. The van der Waals surface area contributed by atoms with Crippen LogP contribution >= 0.6 is 11.6 Å². The van der Waals surface area contributed by atoms with Crippen molar-refractivity contribution >= 4 is 28.5 Å². The lowest BCUT2D eigenvalue weighted by Gasteiger charge is -2.07. The molecule has 0 bridgehead atoms. The number of esters is 1. The summed E-state index contributed by atoms with van der Waals surface area (Å²) in [6, 6.07) is 13.0. The Balaban J connectivity index is 2.06. The second-order valence-corrected chi connectivity index (χ2v) is 5.10. The molecule has 21 heavy (non-hydrogen) atoms. The smallest absolute Gasteiger partial charge is 0.340 e. The third-order valence-corrected chi connectivity index (χ3v) is 3.56. The van der Waals surface area contributed by atoms with E-state index in [0.717, 1.165) is 16.5 Å². The Morgan fingerprint density at radius 1 is 1.24 bits per heavy atom. The highest BCUT2D eigenvalue weighted by Gasteiger charge is 2.14. The van der Waals surface area contributed by atoms with Crippen LogP contribution in [-0.2, 0) is 11.3 Å². The molecule has 1 aromatic heterocycles. The summed E-state index contributed by atoms with van der Waals surface area (Å²) < 4.78 is 6.63. The number of fused-ring (bicyclic) bond motifs is 1. The molecule has 106 valence electrons. The number of hydrogen-bond acceptors (Lipinski definition) is 3. The summed E-state index contributed by atoms with van der Waals surface area (Å²) in [5.74, 6) is -0.363. The minimum Gasteiger partial charge on any atom is -0.465 e. The van der Waals surface area contributed by atoms with E-state index in [1.165, 1.54) is 7.11 Å². The van der Waals surface area contributed by atoms with Crippen LogP contribution in [0.1, 0.15) is 15.9 Å². The molecular weight excluding hydrogens is 288 g/mol. The monoisotopic (exact) mass is 300 g/mol. The fourth-order valence-corrected chi connectivity index (χ4v) is 2.43. The van der Waals surface area contributed by atoms with Crippen LogP contribution < -0.4 is 0 Å². The molecule has 3 aromatic rings. The van der Waals surface area contributed by atoms with Crippen molar-refractivity contribution in [2.45, 2.75) is 6.54 Å². The van der Waals surface area contributed by atoms with Gasteiger partial charge in [-0.2, -0.15) is 5.10 Å². The maximum atomic E-state index is 11.9. The third-order valence-electron chi connectivity index (χ3n) is 3.31. The topological polar surface area (TPSA) is 44.1 Å². The van der Waals surface area contributed by atoms with Crippen molar-refractivity contribution < 1.29 is 9.53 Å². The lowest BCUT2D eigenvalue weighted by Crippen LogP contribution is -2.07. The highest BCUT2D eigenvalue weighted by Crippen LogP contribution is 2.21. The number of carbonyl (C=O) groups excluding carboxylic acids is 1. The number of aromatic nitrogens is 2. The Labute approximate surface area is 126 Å². The molecule has 0 aliphatic carbocycles. The van der Waals surface area contributed by atoms with E-state index in [1.807, 2.05) is 36.4 Å². The van der Waals surface area contributed by atoms with Gasteiger partial charge in [0.1, 0.15) is 0 Å². The van der Waals surface area contributed by atoms with Gasteiger partial charge in [0.05, 0.1) is 30.9 Å². The molecule has 4 nitrogen and oxygen atoms in total. The molecule has 5 heteroatoms. The van der Waals surface area contributed by atoms with Crippen LogP contribution in [0.15, 0.2) is 48.7 Å². The number of halogens is 1. The predicted octanol–water partition coefficient (Wildman–Crippen LogP) is 3.52. The zero-order valence-electron chi connectivity index (χ0n) is 11.4. The first-order valence-electron chi connectivity index (χ1n) is 6.46. The largest absolute Gasteiger partial charge is 0.465 e. The predicted molar refractivity (Wildman–Crippen MR) is 81.6 cm³/mol. The lowest BCUT2D eigenvalue weighted by molar-refractivity contribution is 0.0602. The van der Waals surface area contributed by atoms with E-state index in [-0.39, 0.29) is 5.97 Å². The average Bonchev–Trinajstić information content (AvgIpc) is 2.92. The first kappa shape index (κ1) is 13.6. The Morgan fingerprint density at radius 3 is 2.71 bits per heavy atom. The van der Waals surface area contributed by atoms with Gasteiger partial charge in [-0.15, -0.1) is 0 Å². The van der Waals surface area contributed by atoms with Gasteiger partial charge in [-0.25, -0.2) is 4.79 Å². The van der Waals surface area contributed by atoms with Gasteiger partial charge in [-0.05, 0) is 23.8 Å². The maximum absolute atomic E-state index is 11.9. The summed E-state index contributed by atoms with van der Waals surface area (Å²) in [5, 5.41) is 5.97. The van der Waals surface area contributed by atoms with E-state index < -0.39 is 0 Å². The molecular formula is C16H13ClN2O2. The molecule has 2 aromatic carbocycles. The molecule has 0 amide bonds. The van der Waals surface area contributed by atoms with E-state index in [0.29, 0.717) is 17.1 Å². The van der Waals surface area contributed by atoms with Crippen molar-refractivity contribution in [1.82, 2.24) is 9.78 Å². The number of hydrogen-bond donors (Lipinski definition) is 0. The Hall–Kier alpha value is -2.33. The fraction of sp³-hybridized carbons (Fsp3) is 0.125. The number of methoxy groups -OCH3 is 1. The molecule has 1 heterocycles. The summed E-state index contributed by atoms with van der Waals surface area (Å²) in [6.45, 7) is 0.564. The quantitative estimate of drug-likeness (QED) is 0.695. The van der Waals surface area contributed by atoms with Crippen LogP contribution in [-0.4, -0.2) is 22.9 Å². The minimum atomic E-state index is -0.363. The summed E-state index contributed by atoms with van der Waals surface area (Å²) in [7, 11) is 1.38. The molecule has 0 aliphatic heterocycles. The molecule has 0 saturated carbocycles. The fourth-order valence-electron chi connectivity index (χ4n) is 2.30.